The molecule has 19 heavy (non-hydrogen) atoms. The Hall–Kier alpha value is -1.39. The standard InChI is InChI=1S/C15H10Br2O2/c16-12-8-11(15(19)9-13(12)17)14(18)7-6-10-4-2-1-3-5-10/h1-9,19H/b7-6+. The summed E-state index contributed by atoms with van der Waals surface area (Å²) in [5.41, 5.74) is 1.20. The highest BCUT2D eigenvalue weighted by Crippen LogP contribution is 2.30. The van der Waals surface area contributed by atoms with E-state index >= 15 is 0 Å². The molecule has 0 radical (unpaired) electrons. The number of carbonyl (C=O) groups is 1. The van der Waals surface area contributed by atoms with Crippen molar-refractivity contribution in [1.82, 2.24) is 0 Å². The molecular weight excluding hydrogens is 372 g/mol. The second kappa shape index (κ2) is 6.17. The Morgan fingerprint density at radius 1 is 1.05 bits per heavy atom. The third kappa shape index (κ3) is 3.55. The quantitative estimate of drug-likeness (QED) is 0.611. The van der Waals surface area contributed by atoms with Crippen molar-refractivity contribution in [3.05, 3.63) is 68.6 Å². The molecule has 0 spiro atoms. The summed E-state index contributed by atoms with van der Waals surface area (Å²) in [6, 6.07) is 12.6. The molecule has 0 aliphatic rings. The summed E-state index contributed by atoms with van der Waals surface area (Å²) in [5, 5.41) is 9.78. The fourth-order valence-electron chi connectivity index (χ4n) is 1.56. The topological polar surface area (TPSA) is 37.3 Å². The molecule has 4 heteroatoms. The lowest BCUT2D eigenvalue weighted by atomic mass is 10.1. The molecule has 2 aromatic rings. The van der Waals surface area contributed by atoms with Crippen molar-refractivity contribution in [3.8, 4) is 5.75 Å². The Bertz CT molecular complexity index is 634. The number of hydrogen-bond donors (Lipinski definition) is 1. The fraction of sp³-hybridized carbons (Fsp3) is 0. The van der Waals surface area contributed by atoms with Crippen molar-refractivity contribution in [2.75, 3.05) is 0 Å². The molecule has 0 bridgehead atoms. The van der Waals surface area contributed by atoms with E-state index in [2.05, 4.69) is 31.9 Å². The van der Waals surface area contributed by atoms with E-state index in [0.717, 1.165) is 10.0 Å². The maximum Gasteiger partial charge on any atom is 0.189 e. The summed E-state index contributed by atoms with van der Waals surface area (Å²) >= 11 is 6.58. The van der Waals surface area contributed by atoms with E-state index in [1.54, 1.807) is 12.1 Å². The van der Waals surface area contributed by atoms with Crippen molar-refractivity contribution in [2.45, 2.75) is 0 Å². The first-order valence-electron chi connectivity index (χ1n) is 5.53. The van der Waals surface area contributed by atoms with Gasteiger partial charge in [-0.1, -0.05) is 36.4 Å². The van der Waals surface area contributed by atoms with Gasteiger partial charge in [-0.3, -0.25) is 4.79 Å². The van der Waals surface area contributed by atoms with Crippen LogP contribution in [0.25, 0.3) is 6.08 Å². The van der Waals surface area contributed by atoms with Gasteiger partial charge in [0.1, 0.15) is 5.75 Å². The normalized spacial score (nSPS) is 10.8. The van der Waals surface area contributed by atoms with Crippen molar-refractivity contribution < 1.29 is 9.90 Å². The molecule has 0 unspecified atom stereocenters. The summed E-state index contributed by atoms with van der Waals surface area (Å²) in [6.07, 6.45) is 3.17. The zero-order chi connectivity index (χ0) is 13.8. The lowest BCUT2D eigenvalue weighted by Gasteiger charge is -2.03. The van der Waals surface area contributed by atoms with Crippen LogP contribution in [0.2, 0.25) is 0 Å². The first kappa shape index (κ1) is 14.0. The first-order chi connectivity index (χ1) is 9.08. The molecular formula is C15H10Br2O2. The number of allylic oxidation sites excluding steroid dienone is 1. The number of aromatic hydroxyl groups is 1. The van der Waals surface area contributed by atoms with Crippen molar-refractivity contribution >= 4 is 43.7 Å². The molecule has 0 saturated heterocycles. The molecule has 0 aliphatic heterocycles. The zero-order valence-electron chi connectivity index (χ0n) is 9.81. The van der Waals surface area contributed by atoms with Gasteiger partial charge in [0, 0.05) is 8.95 Å². The van der Waals surface area contributed by atoms with Gasteiger partial charge in [0.25, 0.3) is 0 Å². The summed E-state index contributed by atoms with van der Waals surface area (Å²) in [6.45, 7) is 0. The van der Waals surface area contributed by atoms with E-state index in [1.165, 1.54) is 12.1 Å². The van der Waals surface area contributed by atoms with Crippen LogP contribution in [0.5, 0.6) is 5.75 Å². The fourth-order valence-corrected chi connectivity index (χ4v) is 2.23. The molecule has 0 fully saturated rings. The summed E-state index contributed by atoms with van der Waals surface area (Å²) in [5.74, 6) is -0.285. The van der Waals surface area contributed by atoms with E-state index in [0.29, 0.717) is 4.47 Å². The number of halogens is 2. The molecule has 0 saturated carbocycles. The van der Waals surface area contributed by atoms with Gasteiger partial charge in [-0.15, -0.1) is 0 Å². The van der Waals surface area contributed by atoms with Gasteiger partial charge in [0.15, 0.2) is 5.78 Å². The number of hydrogen-bond acceptors (Lipinski definition) is 2. The van der Waals surface area contributed by atoms with Crippen LogP contribution in [0.4, 0.5) is 0 Å². The molecule has 0 atom stereocenters. The lowest BCUT2D eigenvalue weighted by molar-refractivity contribution is 0.104. The van der Waals surface area contributed by atoms with Crippen LogP contribution in [-0.4, -0.2) is 10.9 Å². The number of rotatable bonds is 3. The minimum absolute atomic E-state index is 0.0437. The molecule has 2 aromatic carbocycles. The first-order valence-corrected chi connectivity index (χ1v) is 7.12. The largest absolute Gasteiger partial charge is 0.507 e. The Balaban J connectivity index is 2.26. The number of phenols is 1. The zero-order valence-corrected chi connectivity index (χ0v) is 13.0. The smallest absolute Gasteiger partial charge is 0.189 e. The minimum atomic E-state index is -0.241. The third-order valence-electron chi connectivity index (χ3n) is 2.53. The minimum Gasteiger partial charge on any atom is -0.507 e. The van der Waals surface area contributed by atoms with Gasteiger partial charge in [-0.25, -0.2) is 0 Å². The van der Waals surface area contributed by atoms with E-state index < -0.39 is 0 Å². The van der Waals surface area contributed by atoms with Gasteiger partial charge >= 0.3 is 0 Å². The van der Waals surface area contributed by atoms with Crippen LogP contribution in [0.3, 0.4) is 0 Å². The molecule has 0 aromatic heterocycles. The Kier molecular flexibility index (Phi) is 4.56. The summed E-state index contributed by atoms with van der Waals surface area (Å²) < 4.78 is 1.43. The van der Waals surface area contributed by atoms with E-state index in [4.69, 9.17) is 0 Å². The molecule has 96 valence electrons. The number of benzene rings is 2. The molecule has 0 amide bonds. The summed E-state index contributed by atoms with van der Waals surface area (Å²) in [7, 11) is 0. The van der Waals surface area contributed by atoms with Gasteiger partial charge < -0.3 is 5.11 Å². The van der Waals surface area contributed by atoms with Gasteiger partial charge in [-0.2, -0.15) is 0 Å². The highest BCUT2D eigenvalue weighted by atomic mass is 79.9. The molecule has 0 aliphatic carbocycles. The number of ketones is 1. The van der Waals surface area contributed by atoms with Crippen LogP contribution in [0.1, 0.15) is 15.9 Å². The predicted molar refractivity (Wildman–Crippen MR) is 83.3 cm³/mol. The van der Waals surface area contributed by atoms with Crippen LogP contribution in [-0.2, 0) is 0 Å². The molecule has 0 heterocycles. The van der Waals surface area contributed by atoms with Crippen LogP contribution < -0.4 is 0 Å². The number of phenolic OH excluding ortho intramolecular Hbond substituents is 1. The van der Waals surface area contributed by atoms with Crippen LogP contribution in [0, 0.1) is 0 Å². The highest BCUT2D eigenvalue weighted by molar-refractivity contribution is 9.13. The van der Waals surface area contributed by atoms with Crippen molar-refractivity contribution in [3.63, 3.8) is 0 Å². The average molecular weight is 382 g/mol. The van der Waals surface area contributed by atoms with Gasteiger partial charge in [0.2, 0.25) is 0 Å². The van der Waals surface area contributed by atoms with Crippen LogP contribution >= 0.6 is 31.9 Å². The molecule has 2 rings (SSSR count). The Morgan fingerprint density at radius 3 is 2.37 bits per heavy atom. The Morgan fingerprint density at radius 2 is 1.68 bits per heavy atom. The van der Waals surface area contributed by atoms with Gasteiger partial charge in [-0.05, 0) is 55.6 Å². The maximum atomic E-state index is 12.0. The molecule has 2 nitrogen and oxygen atoms in total. The van der Waals surface area contributed by atoms with E-state index in [9.17, 15) is 9.90 Å². The van der Waals surface area contributed by atoms with Gasteiger partial charge in [0.05, 0.1) is 5.56 Å². The molecule has 1 N–H and O–H groups in total. The average Bonchev–Trinajstić information content (AvgIpc) is 2.41. The Labute approximate surface area is 128 Å². The monoisotopic (exact) mass is 380 g/mol. The van der Waals surface area contributed by atoms with Crippen molar-refractivity contribution in [1.29, 1.82) is 0 Å². The highest BCUT2D eigenvalue weighted by Gasteiger charge is 2.11. The summed E-state index contributed by atoms with van der Waals surface area (Å²) in [4.78, 5) is 12.0. The second-order valence-corrected chi connectivity index (χ2v) is 5.60. The number of carbonyl (C=O) groups excluding carboxylic acids is 1. The SMILES string of the molecule is O=C(/C=C/c1ccccc1)c1cc(Br)c(Br)cc1O. The maximum absolute atomic E-state index is 12.0. The third-order valence-corrected chi connectivity index (χ3v) is 4.38. The predicted octanol–water partition coefficient (Wildman–Crippen LogP) is 4.81. The lowest BCUT2D eigenvalue weighted by Crippen LogP contribution is -1.95. The second-order valence-electron chi connectivity index (χ2n) is 3.89. The van der Waals surface area contributed by atoms with E-state index in [1.807, 2.05) is 30.3 Å². The van der Waals surface area contributed by atoms with Crippen molar-refractivity contribution in [2.24, 2.45) is 0 Å². The van der Waals surface area contributed by atoms with Crippen LogP contribution in [0.15, 0.2) is 57.5 Å². The van der Waals surface area contributed by atoms with E-state index in [-0.39, 0.29) is 17.1 Å².